The van der Waals surface area contributed by atoms with E-state index in [2.05, 4.69) is 69.9 Å². The Balaban J connectivity index is 0.669. The molecule has 18 heteroatoms. The molecule has 2 unspecified atom stereocenters. The lowest BCUT2D eigenvalue weighted by molar-refractivity contribution is -0.136. The SMILES string of the molecule is CN(c1cccc2c1C(=O)N(C1CCC(=O)NC1=O)C2=O)C1(CCCCCCCCCN2CCN(c3ccc(N4CCC[C@H](Oc5cc(-c6ccccc6O)nnc5N)C4)cc3)CC2)C=NN=N1. The molecule has 3 aromatic carbocycles. The predicted octanol–water partition coefficient (Wildman–Crippen LogP) is 6.41. The molecule has 6 heterocycles. The molecular formula is C50H60N12O6. The number of rotatable bonds is 18. The number of piperidine rings is 2. The quantitative estimate of drug-likeness (QED) is 0.0728. The third kappa shape index (κ3) is 9.86. The number of unbranched alkanes of at least 4 members (excludes halogenated alkanes) is 6. The zero-order valence-electron chi connectivity index (χ0n) is 38.6. The van der Waals surface area contributed by atoms with Crippen LogP contribution in [0.5, 0.6) is 11.5 Å². The molecule has 0 spiro atoms. The number of benzene rings is 3. The molecular weight excluding hydrogens is 865 g/mol. The van der Waals surface area contributed by atoms with Crippen LogP contribution in [0.1, 0.15) is 97.8 Å². The molecule has 356 valence electrons. The number of carbonyl (C=O) groups is 4. The van der Waals surface area contributed by atoms with Gasteiger partial charge in [0.15, 0.2) is 17.2 Å². The van der Waals surface area contributed by atoms with Gasteiger partial charge >= 0.3 is 0 Å². The first-order chi connectivity index (χ1) is 33.1. The van der Waals surface area contributed by atoms with Gasteiger partial charge in [-0.15, -0.1) is 20.4 Å². The van der Waals surface area contributed by atoms with E-state index >= 15 is 0 Å². The summed E-state index contributed by atoms with van der Waals surface area (Å²) in [6, 6.07) is 21.8. The lowest BCUT2D eigenvalue weighted by Gasteiger charge is -2.37. The zero-order chi connectivity index (χ0) is 47.2. The molecule has 4 amide bonds. The Hall–Kier alpha value is -6.95. The number of ether oxygens (including phenoxy) is 1. The van der Waals surface area contributed by atoms with Crippen LogP contribution in [-0.4, -0.2) is 126 Å². The second-order valence-corrected chi connectivity index (χ2v) is 18.4. The summed E-state index contributed by atoms with van der Waals surface area (Å²) in [4.78, 5) is 61.9. The van der Waals surface area contributed by atoms with Gasteiger partial charge in [0.1, 0.15) is 23.6 Å². The molecule has 9 rings (SSSR count). The Morgan fingerprint density at radius 1 is 0.809 bits per heavy atom. The van der Waals surface area contributed by atoms with Gasteiger partial charge < -0.3 is 30.3 Å². The van der Waals surface area contributed by atoms with E-state index in [0.29, 0.717) is 29.1 Å². The topological polar surface area (TPSA) is 215 Å². The predicted molar refractivity (Wildman–Crippen MR) is 259 cm³/mol. The maximum atomic E-state index is 13.8. The van der Waals surface area contributed by atoms with E-state index in [0.717, 1.165) is 89.2 Å². The summed E-state index contributed by atoms with van der Waals surface area (Å²) in [6.07, 6.45) is 12.1. The second-order valence-electron chi connectivity index (χ2n) is 18.4. The highest BCUT2D eigenvalue weighted by atomic mass is 16.5. The summed E-state index contributed by atoms with van der Waals surface area (Å²) in [7, 11) is 1.83. The van der Waals surface area contributed by atoms with Crippen molar-refractivity contribution < 1.29 is 29.0 Å². The molecule has 18 nitrogen and oxygen atoms in total. The fourth-order valence-corrected chi connectivity index (χ4v) is 10.1. The number of aromatic hydroxyl groups is 1. The maximum Gasteiger partial charge on any atom is 0.264 e. The van der Waals surface area contributed by atoms with E-state index < -0.39 is 35.3 Å². The number of nitrogens with one attached hydrogen (secondary N) is 1. The fourth-order valence-electron chi connectivity index (χ4n) is 10.1. The van der Waals surface area contributed by atoms with E-state index in [1.807, 2.05) is 18.0 Å². The number of fused-ring (bicyclic) bond motifs is 1. The highest BCUT2D eigenvalue weighted by Crippen LogP contribution is 2.39. The molecule has 3 atom stereocenters. The Morgan fingerprint density at radius 3 is 2.26 bits per heavy atom. The summed E-state index contributed by atoms with van der Waals surface area (Å²) in [5.74, 6) is -1.31. The normalized spacial score (nSPS) is 21.7. The Bertz CT molecular complexity index is 2550. The van der Waals surface area contributed by atoms with Crippen molar-refractivity contribution in [1.82, 2.24) is 25.3 Å². The van der Waals surface area contributed by atoms with Crippen LogP contribution in [0.2, 0.25) is 0 Å². The van der Waals surface area contributed by atoms with Crippen molar-refractivity contribution in [1.29, 1.82) is 0 Å². The number of anilines is 4. The number of phenolic OH excluding ortho intramolecular Hbond substituents is 1. The lowest BCUT2D eigenvalue weighted by atomic mass is 9.98. The summed E-state index contributed by atoms with van der Waals surface area (Å²) in [6.45, 7) is 6.92. The highest BCUT2D eigenvalue weighted by Gasteiger charge is 2.47. The number of hydrogen-bond acceptors (Lipinski definition) is 16. The van der Waals surface area contributed by atoms with Gasteiger partial charge in [0.2, 0.25) is 11.8 Å². The first-order valence-corrected chi connectivity index (χ1v) is 24.0. The molecule has 68 heavy (non-hydrogen) atoms. The van der Waals surface area contributed by atoms with Crippen LogP contribution in [-0.2, 0) is 9.59 Å². The Kier molecular flexibility index (Phi) is 13.9. The summed E-state index contributed by atoms with van der Waals surface area (Å²) < 4.78 is 6.40. The van der Waals surface area contributed by atoms with E-state index in [4.69, 9.17) is 10.5 Å². The van der Waals surface area contributed by atoms with Gasteiger partial charge in [-0.1, -0.05) is 50.3 Å². The number of carbonyl (C=O) groups excluding carboxylic acids is 4. The van der Waals surface area contributed by atoms with Crippen molar-refractivity contribution in [2.24, 2.45) is 15.4 Å². The number of phenols is 1. The van der Waals surface area contributed by atoms with Crippen LogP contribution in [0.3, 0.4) is 0 Å². The maximum absolute atomic E-state index is 13.8. The molecule has 4 N–H and O–H groups in total. The number of hydrogen-bond donors (Lipinski definition) is 3. The minimum atomic E-state index is -1.04. The largest absolute Gasteiger partial charge is 0.507 e. The van der Waals surface area contributed by atoms with E-state index in [1.54, 1.807) is 48.7 Å². The van der Waals surface area contributed by atoms with Crippen molar-refractivity contribution in [3.05, 3.63) is 83.9 Å². The number of piperazine rings is 1. The lowest BCUT2D eigenvalue weighted by Crippen LogP contribution is -2.54. The molecule has 5 aliphatic heterocycles. The molecule has 3 fully saturated rings. The smallest absolute Gasteiger partial charge is 0.264 e. The Morgan fingerprint density at radius 2 is 1.53 bits per heavy atom. The van der Waals surface area contributed by atoms with Crippen LogP contribution in [0.4, 0.5) is 22.9 Å². The molecule has 0 radical (unpaired) electrons. The molecule has 0 bridgehead atoms. The first-order valence-electron chi connectivity index (χ1n) is 24.0. The van der Waals surface area contributed by atoms with E-state index in [9.17, 15) is 24.3 Å². The molecule has 0 saturated carbocycles. The molecule has 1 aromatic heterocycles. The summed E-state index contributed by atoms with van der Waals surface area (Å²) >= 11 is 0. The van der Waals surface area contributed by atoms with Gasteiger partial charge in [0, 0.05) is 69.2 Å². The summed E-state index contributed by atoms with van der Waals surface area (Å²) in [5.41, 5.74) is 9.75. The van der Waals surface area contributed by atoms with Crippen molar-refractivity contribution >= 4 is 52.7 Å². The van der Waals surface area contributed by atoms with Crippen LogP contribution >= 0.6 is 0 Å². The average Bonchev–Trinajstić information content (AvgIpc) is 3.94. The second kappa shape index (κ2) is 20.5. The number of nitrogens with zero attached hydrogens (tertiary/aromatic N) is 10. The minimum absolute atomic E-state index is 0.0585. The monoisotopic (exact) mass is 924 g/mol. The van der Waals surface area contributed by atoms with Crippen molar-refractivity contribution in [3.63, 3.8) is 0 Å². The number of nitrogens with two attached hydrogens (primary N) is 1. The van der Waals surface area contributed by atoms with E-state index in [1.165, 1.54) is 30.6 Å². The van der Waals surface area contributed by atoms with Crippen LogP contribution in [0.15, 0.2) is 88.2 Å². The van der Waals surface area contributed by atoms with Crippen LogP contribution in [0, 0.1) is 0 Å². The number of aromatic nitrogens is 2. The van der Waals surface area contributed by atoms with Crippen molar-refractivity contribution in [2.75, 3.05) is 73.3 Å². The van der Waals surface area contributed by atoms with Gasteiger partial charge in [-0.25, -0.2) is 0 Å². The van der Waals surface area contributed by atoms with Crippen LogP contribution in [0.25, 0.3) is 11.3 Å². The van der Waals surface area contributed by atoms with Gasteiger partial charge in [-0.05, 0) is 98.8 Å². The van der Waals surface area contributed by atoms with Gasteiger partial charge in [0.25, 0.3) is 11.8 Å². The summed E-state index contributed by atoms with van der Waals surface area (Å²) in [5, 5.41) is 33.4. The fraction of sp³-hybridized carbons (Fsp3) is 0.460. The number of nitrogen functional groups attached to an aromatic ring is 1. The first kappa shape index (κ1) is 46.2. The van der Waals surface area contributed by atoms with Crippen molar-refractivity contribution in [2.45, 2.75) is 94.9 Å². The molecule has 4 aromatic rings. The van der Waals surface area contributed by atoms with Gasteiger partial charge in [-0.2, -0.15) is 0 Å². The molecule has 0 aliphatic carbocycles. The third-order valence-corrected chi connectivity index (χ3v) is 14.0. The number of para-hydroxylation sites is 1. The Labute approximate surface area is 396 Å². The minimum Gasteiger partial charge on any atom is -0.507 e. The van der Waals surface area contributed by atoms with Crippen LogP contribution < -0.4 is 30.5 Å². The van der Waals surface area contributed by atoms with Gasteiger partial charge in [-0.3, -0.25) is 34.3 Å². The highest BCUT2D eigenvalue weighted by molar-refractivity contribution is 6.25. The van der Waals surface area contributed by atoms with Crippen molar-refractivity contribution in [3.8, 4) is 22.8 Å². The standard InChI is InChI=1S/C50H60N12O6/c1-58(40-16-11-15-38-45(40)49(67)62(48(38)66)41-22-23-44(64)53-47(41)65)50(33-52-57-56-50)24-9-5-3-2-4-6-10-25-59-27-29-60(30-28-59)34-18-20-35(21-19-34)61-26-12-13-36(32-61)68-43-31-39(54-55-46(43)51)37-14-7-8-17-42(37)63/h7-8,11,14-21,31,33,36,41,63H,2-6,9-10,12-13,22-30,32H2,1H3,(H2,51,55)(H,53,64,65)/t36-,41?,50?/m0/s1. The zero-order valence-corrected chi connectivity index (χ0v) is 38.6. The molecule has 3 saturated heterocycles. The number of imide groups is 2. The number of amides is 4. The molecule has 5 aliphatic rings. The van der Waals surface area contributed by atoms with E-state index in [-0.39, 0.29) is 41.6 Å². The average molecular weight is 925 g/mol. The van der Waals surface area contributed by atoms with Gasteiger partial charge in [0.05, 0.1) is 29.6 Å². The third-order valence-electron chi connectivity index (χ3n) is 14.0.